The molecule has 0 aliphatic rings. The first kappa shape index (κ1) is 12.2. The van der Waals surface area contributed by atoms with E-state index >= 15 is 0 Å². The molecule has 0 amide bonds. The van der Waals surface area contributed by atoms with E-state index in [1.165, 1.54) is 11.8 Å². The van der Waals surface area contributed by atoms with Crippen molar-refractivity contribution in [2.75, 3.05) is 0 Å². The van der Waals surface area contributed by atoms with Crippen molar-refractivity contribution in [1.82, 2.24) is 4.98 Å². The van der Waals surface area contributed by atoms with Crippen molar-refractivity contribution in [3.05, 3.63) is 57.4 Å². The third-order valence-corrected chi connectivity index (χ3v) is 3.06. The second-order valence-electron chi connectivity index (χ2n) is 4.41. The fraction of sp³-hybridized carbons (Fsp3) is 0.214. The van der Waals surface area contributed by atoms with Gasteiger partial charge < -0.3 is 0 Å². The average Bonchev–Trinajstić information content (AvgIpc) is 2.30. The van der Waals surface area contributed by atoms with Crippen LogP contribution in [-0.4, -0.2) is 9.91 Å². The van der Waals surface area contributed by atoms with Gasteiger partial charge in [-0.2, -0.15) is 0 Å². The Kier molecular flexibility index (Phi) is 3.10. The molecular formula is C14H14N2O2. The Labute approximate surface area is 105 Å². The minimum absolute atomic E-state index is 0.0625. The van der Waals surface area contributed by atoms with E-state index < -0.39 is 4.92 Å². The molecule has 0 bridgehead atoms. The van der Waals surface area contributed by atoms with Crippen LogP contribution in [0.25, 0.3) is 11.1 Å². The van der Waals surface area contributed by atoms with Crippen molar-refractivity contribution < 1.29 is 4.92 Å². The molecule has 0 N–H and O–H groups in total. The number of aryl methyl sites for hydroxylation is 2. The van der Waals surface area contributed by atoms with E-state index in [1.54, 1.807) is 13.1 Å². The summed E-state index contributed by atoms with van der Waals surface area (Å²) in [5, 5.41) is 10.9. The highest BCUT2D eigenvalue weighted by molar-refractivity contribution is 5.72. The highest BCUT2D eigenvalue weighted by atomic mass is 16.6. The van der Waals surface area contributed by atoms with Gasteiger partial charge in [-0.15, -0.1) is 0 Å². The predicted molar refractivity (Wildman–Crippen MR) is 70.5 cm³/mol. The lowest BCUT2D eigenvalue weighted by molar-refractivity contribution is -0.385. The van der Waals surface area contributed by atoms with Crippen molar-refractivity contribution >= 4 is 5.69 Å². The van der Waals surface area contributed by atoms with Crippen LogP contribution in [0.15, 0.2) is 30.6 Å². The number of rotatable bonds is 2. The van der Waals surface area contributed by atoms with E-state index in [4.69, 9.17) is 0 Å². The molecule has 1 aromatic heterocycles. The highest BCUT2D eigenvalue weighted by Crippen LogP contribution is 2.30. The van der Waals surface area contributed by atoms with Gasteiger partial charge in [0.05, 0.1) is 4.92 Å². The lowest BCUT2D eigenvalue weighted by Gasteiger charge is -2.09. The van der Waals surface area contributed by atoms with Gasteiger partial charge in [0.15, 0.2) is 0 Å². The monoisotopic (exact) mass is 242 g/mol. The molecule has 0 aliphatic carbocycles. The minimum Gasteiger partial charge on any atom is -0.258 e. The van der Waals surface area contributed by atoms with Crippen molar-refractivity contribution in [1.29, 1.82) is 0 Å². The maximum Gasteiger partial charge on any atom is 0.291 e. The second kappa shape index (κ2) is 4.56. The van der Waals surface area contributed by atoms with E-state index in [2.05, 4.69) is 11.1 Å². The molecule has 1 aromatic carbocycles. The van der Waals surface area contributed by atoms with Crippen molar-refractivity contribution in [3.63, 3.8) is 0 Å². The van der Waals surface area contributed by atoms with Gasteiger partial charge >= 0.3 is 0 Å². The molecule has 0 saturated heterocycles. The van der Waals surface area contributed by atoms with Gasteiger partial charge in [0, 0.05) is 17.3 Å². The number of hydrogen-bond donors (Lipinski definition) is 0. The van der Waals surface area contributed by atoms with Crippen LogP contribution in [0.5, 0.6) is 0 Å². The maximum absolute atomic E-state index is 10.9. The molecule has 4 heteroatoms. The fourth-order valence-electron chi connectivity index (χ4n) is 2.09. The quantitative estimate of drug-likeness (QED) is 0.597. The standard InChI is InChI=1S/C14H14N2O2/c1-9-4-5-12(10(2)6-9)13-7-15-8-14(11(13)3)16(17)18/h4-8H,1-3H3. The Bertz CT molecular complexity index is 621. The molecular weight excluding hydrogens is 228 g/mol. The van der Waals surface area contributed by atoms with Gasteiger partial charge in [-0.05, 0) is 31.9 Å². The fourth-order valence-corrected chi connectivity index (χ4v) is 2.09. The smallest absolute Gasteiger partial charge is 0.258 e. The summed E-state index contributed by atoms with van der Waals surface area (Å²) in [4.78, 5) is 14.5. The largest absolute Gasteiger partial charge is 0.291 e. The molecule has 2 aromatic rings. The minimum atomic E-state index is -0.393. The molecule has 4 nitrogen and oxygen atoms in total. The molecule has 0 saturated carbocycles. The summed E-state index contributed by atoms with van der Waals surface area (Å²) in [6.07, 6.45) is 2.97. The van der Waals surface area contributed by atoms with Gasteiger partial charge in [-0.1, -0.05) is 23.8 Å². The van der Waals surface area contributed by atoms with Gasteiger partial charge in [0.2, 0.25) is 0 Å². The highest BCUT2D eigenvalue weighted by Gasteiger charge is 2.16. The van der Waals surface area contributed by atoms with Crippen molar-refractivity contribution in [2.45, 2.75) is 20.8 Å². The van der Waals surface area contributed by atoms with E-state index in [0.717, 1.165) is 16.7 Å². The van der Waals surface area contributed by atoms with Gasteiger partial charge in [-0.3, -0.25) is 15.1 Å². The zero-order valence-electron chi connectivity index (χ0n) is 10.6. The summed E-state index contributed by atoms with van der Waals surface area (Å²) >= 11 is 0. The summed E-state index contributed by atoms with van der Waals surface area (Å²) in [5.74, 6) is 0. The summed E-state index contributed by atoms with van der Waals surface area (Å²) in [5.41, 5.74) is 4.80. The van der Waals surface area contributed by atoms with Crippen LogP contribution in [0.4, 0.5) is 5.69 Å². The molecule has 18 heavy (non-hydrogen) atoms. The normalized spacial score (nSPS) is 10.4. The summed E-state index contributed by atoms with van der Waals surface area (Å²) in [6.45, 7) is 5.78. The summed E-state index contributed by atoms with van der Waals surface area (Å²) < 4.78 is 0. The van der Waals surface area contributed by atoms with Gasteiger partial charge in [0.25, 0.3) is 5.69 Å². The lowest BCUT2D eigenvalue weighted by Crippen LogP contribution is -1.96. The molecule has 0 aliphatic heterocycles. The van der Waals surface area contributed by atoms with E-state index in [0.29, 0.717) is 5.56 Å². The Morgan fingerprint density at radius 1 is 1.11 bits per heavy atom. The predicted octanol–water partition coefficient (Wildman–Crippen LogP) is 3.58. The van der Waals surface area contributed by atoms with Crippen LogP contribution in [0.3, 0.4) is 0 Å². The topological polar surface area (TPSA) is 56.0 Å². The third kappa shape index (κ3) is 2.09. The number of benzene rings is 1. The summed E-state index contributed by atoms with van der Waals surface area (Å²) in [7, 11) is 0. The molecule has 0 radical (unpaired) electrons. The van der Waals surface area contributed by atoms with Crippen LogP contribution >= 0.6 is 0 Å². The molecule has 0 atom stereocenters. The number of nitrogens with zero attached hydrogens (tertiary/aromatic N) is 2. The Morgan fingerprint density at radius 3 is 2.44 bits per heavy atom. The molecule has 92 valence electrons. The first-order valence-electron chi connectivity index (χ1n) is 5.67. The molecule has 1 heterocycles. The van der Waals surface area contributed by atoms with Gasteiger partial charge in [-0.25, -0.2) is 0 Å². The molecule has 2 rings (SSSR count). The van der Waals surface area contributed by atoms with Crippen LogP contribution in [0, 0.1) is 30.9 Å². The SMILES string of the molecule is Cc1ccc(-c2cncc([N+](=O)[O-])c2C)c(C)c1. The van der Waals surface area contributed by atoms with Crippen molar-refractivity contribution in [2.24, 2.45) is 0 Å². The Morgan fingerprint density at radius 2 is 1.83 bits per heavy atom. The van der Waals surface area contributed by atoms with Crippen LogP contribution < -0.4 is 0 Å². The Balaban J connectivity index is 2.64. The van der Waals surface area contributed by atoms with E-state index in [1.807, 2.05) is 26.0 Å². The molecule has 0 fully saturated rings. The molecule has 0 unspecified atom stereocenters. The lowest BCUT2D eigenvalue weighted by atomic mass is 9.96. The van der Waals surface area contributed by atoms with Gasteiger partial charge in [0.1, 0.15) is 6.20 Å². The average molecular weight is 242 g/mol. The van der Waals surface area contributed by atoms with Crippen LogP contribution in [0.1, 0.15) is 16.7 Å². The second-order valence-corrected chi connectivity index (χ2v) is 4.41. The third-order valence-electron chi connectivity index (χ3n) is 3.06. The Hall–Kier alpha value is -2.23. The number of nitro groups is 1. The van der Waals surface area contributed by atoms with Crippen molar-refractivity contribution in [3.8, 4) is 11.1 Å². The van der Waals surface area contributed by atoms with E-state index in [9.17, 15) is 10.1 Å². The zero-order chi connectivity index (χ0) is 13.3. The maximum atomic E-state index is 10.9. The summed E-state index contributed by atoms with van der Waals surface area (Å²) in [6, 6.07) is 6.05. The number of aromatic nitrogens is 1. The number of pyridine rings is 1. The number of hydrogen-bond acceptors (Lipinski definition) is 3. The van der Waals surface area contributed by atoms with Crippen LogP contribution in [0.2, 0.25) is 0 Å². The van der Waals surface area contributed by atoms with Crippen LogP contribution in [-0.2, 0) is 0 Å². The molecule has 0 spiro atoms. The first-order valence-corrected chi connectivity index (χ1v) is 5.67. The zero-order valence-corrected chi connectivity index (χ0v) is 10.6. The first-order chi connectivity index (χ1) is 8.50. The van der Waals surface area contributed by atoms with E-state index in [-0.39, 0.29) is 5.69 Å².